The molecular formula is C20H24FN5O3. The zero-order valence-electron chi connectivity index (χ0n) is 16.6. The zero-order valence-corrected chi connectivity index (χ0v) is 16.6. The van der Waals surface area contributed by atoms with Crippen LogP contribution in [0.25, 0.3) is 5.52 Å². The smallest absolute Gasteiger partial charge is 0.303 e. The van der Waals surface area contributed by atoms with Gasteiger partial charge in [0.25, 0.3) is 0 Å². The molecule has 2 aromatic rings. The van der Waals surface area contributed by atoms with Crippen molar-refractivity contribution in [3.8, 4) is 6.07 Å². The Labute approximate surface area is 168 Å². The molecule has 2 fully saturated rings. The summed E-state index contributed by atoms with van der Waals surface area (Å²) in [5, 5.41) is 17.3. The highest BCUT2D eigenvalue weighted by molar-refractivity contribution is 5.66. The second kappa shape index (κ2) is 7.59. The molecule has 0 radical (unpaired) electrons. The summed E-state index contributed by atoms with van der Waals surface area (Å²) >= 11 is 0. The highest BCUT2D eigenvalue weighted by Crippen LogP contribution is 2.48. The van der Waals surface area contributed by atoms with Crippen LogP contribution >= 0.6 is 0 Å². The molecule has 1 saturated heterocycles. The minimum atomic E-state index is -0.572. The summed E-state index contributed by atoms with van der Waals surface area (Å²) in [7, 11) is 0. The molecule has 2 aromatic heterocycles. The van der Waals surface area contributed by atoms with Gasteiger partial charge in [0.1, 0.15) is 23.3 Å². The Morgan fingerprint density at radius 2 is 2.34 bits per heavy atom. The van der Waals surface area contributed by atoms with Gasteiger partial charge in [0.05, 0.1) is 24.5 Å². The number of nitrogens with zero attached hydrogens (tertiary/aromatic N) is 4. The lowest BCUT2D eigenvalue weighted by molar-refractivity contribution is -0.153. The SMILES string of the molecule is CCC1(c2c(C#N)c(F)c3cnc(NC4CCOCC4OC(C)=O)nn23)CCC1. The molecule has 0 spiro atoms. The molecule has 1 aliphatic carbocycles. The lowest BCUT2D eigenvalue weighted by Crippen LogP contribution is -2.45. The minimum absolute atomic E-state index is 0.0573. The van der Waals surface area contributed by atoms with Crippen molar-refractivity contribution in [1.29, 1.82) is 5.26 Å². The maximum atomic E-state index is 14.9. The summed E-state index contributed by atoms with van der Waals surface area (Å²) in [6, 6.07) is 1.82. The second-order valence-corrected chi connectivity index (χ2v) is 7.78. The van der Waals surface area contributed by atoms with E-state index < -0.39 is 11.9 Å². The largest absolute Gasteiger partial charge is 0.458 e. The number of carbonyl (C=O) groups is 1. The van der Waals surface area contributed by atoms with Crippen molar-refractivity contribution in [1.82, 2.24) is 14.6 Å². The standard InChI is InChI=1S/C20H24FN5O3/c1-3-20(6-4-7-20)18-13(9-22)17(21)15-10-23-19(25-26(15)18)24-14-5-8-28-11-16(14)29-12(2)27/h10,14,16H,3-8,11H2,1-2H3,(H,24,25). The van der Waals surface area contributed by atoms with E-state index in [4.69, 9.17) is 9.47 Å². The lowest BCUT2D eigenvalue weighted by Gasteiger charge is -2.41. The molecule has 1 aliphatic heterocycles. The van der Waals surface area contributed by atoms with Gasteiger partial charge in [0.15, 0.2) is 5.82 Å². The van der Waals surface area contributed by atoms with E-state index in [1.54, 1.807) is 0 Å². The molecule has 2 atom stereocenters. The Balaban J connectivity index is 1.72. The number of halogens is 1. The second-order valence-electron chi connectivity index (χ2n) is 7.78. The van der Waals surface area contributed by atoms with Crippen molar-refractivity contribution in [3.63, 3.8) is 0 Å². The van der Waals surface area contributed by atoms with Gasteiger partial charge in [-0.2, -0.15) is 5.26 Å². The van der Waals surface area contributed by atoms with Gasteiger partial charge in [-0.05, 0) is 25.7 Å². The molecule has 8 nitrogen and oxygen atoms in total. The molecule has 1 N–H and O–H groups in total. The number of ether oxygens (including phenoxy) is 2. The maximum absolute atomic E-state index is 14.9. The minimum Gasteiger partial charge on any atom is -0.458 e. The number of esters is 1. The van der Waals surface area contributed by atoms with Gasteiger partial charge < -0.3 is 14.8 Å². The van der Waals surface area contributed by atoms with Gasteiger partial charge in [-0.15, -0.1) is 5.10 Å². The van der Waals surface area contributed by atoms with Gasteiger partial charge in [-0.1, -0.05) is 13.3 Å². The molecule has 29 heavy (non-hydrogen) atoms. The van der Waals surface area contributed by atoms with Crippen LogP contribution in [0.4, 0.5) is 10.3 Å². The van der Waals surface area contributed by atoms with E-state index in [0.717, 1.165) is 25.7 Å². The van der Waals surface area contributed by atoms with Crippen LogP contribution in [0.5, 0.6) is 0 Å². The van der Waals surface area contributed by atoms with E-state index >= 15 is 0 Å². The van der Waals surface area contributed by atoms with E-state index in [1.165, 1.54) is 17.6 Å². The van der Waals surface area contributed by atoms with Crippen LogP contribution in [-0.4, -0.2) is 45.9 Å². The third-order valence-corrected chi connectivity index (χ3v) is 6.16. The first kappa shape index (κ1) is 19.6. The summed E-state index contributed by atoms with van der Waals surface area (Å²) in [6.07, 6.45) is 5.25. The van der Waals surface area contributed by atoms with E-state index in [1.807, 2.05) is 6.07 Å². The molecule has 154 valence electrons. The van der Waals surface area contributed by atoms with E-state index in [-0.39, 0.29) is 28.5 Å². The highest BCUT2D eigenvalue weighted by atomic mass is 19.1. The Kier molecular flexibility index (Phi) is 5.13. The van der Waals surface area contributed by atoms with Crippen LogP contribution in [0, 0.1) is 17.1 Å². The Hall–Kier alpha value is -2.73. The van der Waals surface area contributed by atoms with Gasteiger partial charge in [0.2, 0.25) is 5.95 Å². The Morgan fingerprint density at radius 1 is 1.55 bits per heavy atom. The van der Waals surface area contributed by atoms with Crippen molar-refractivity contribution < 1.29 is 18.7 Å². The number of nitrogens with one attached hydrogen (secondary N) is 1. The first-order valence-corrected chi connectivity index (χ1v) is 9.98. The van der Waals surface area contributed by atoms with Crippen LogP contribution in [0.15, 0.2) is 6.20 Å². The maximum Gasteiger partial charge on any atom is 0.303 e. The van der Waals surface area contributed by atoms with Gasteiger partial charge in [-0.25, -0.2) is 13.9 Å². The summed E-state index contributed by atoms with van der Waals surface area (Å²) in [4.78, 5) is 15.6. The van der Waals surface area contributed by atoms with E-state index in [9.17, 15) is 14.4 Å². The van der Waals surface area contributed by atoms with E-state index in [2.05, 4.69) is 22.3 Å². The Morgan fingerprint density at radius 3 is 2.97 bits per heavy atom. The van der Waals surface area contributed by atoms with Crippen LogP contribution in [0.2, 0.25) is 0 Å². The van der Waals surface area contributed by atoms with Crippen molar-refractivity contribution in [2.45, 2.75) is 63.5 Å². The average molecular weight is 401 g/mol. The fraction of sp³-hybridized carbons (Fsp3) is 0.600. The quantitative estimate of drug-likeness (QED) is 0.769. The monoisotopic (exact) mass is 401 g/mol. The zero-order chi connectivity index (χ0) is 20.6. The molecule has 0 amide bonds. The lowest BCUT2D eigenvalue weighted by atomic mass is 9.64. The summed E-state index contributed by atoms with van der Waals surface area (Å²) in [5.74, 6) is -0.655. The topological polar surface area (TPSA) is 102 Å². The Bertz CT molecular complexity index is 973. The fourth-order valence-electron chi connectivity index (χ4n) is 4.40. The van der Waals surface area contributed by atoms with Crippen LogP contribution in [0.3, 0.4) is 0 Å². The molecule has 4 rings (SSSR count). The number of rotatable bonds is 5. The fourth-order valence-corrected chi connectivity index (χ4v) is 4.40. The van der Waals surface area contributed by atoms with Gasteiger partial charge in [0, 0.05) is 18.9 Å². The van der Waals surface area contributed by atoms with Crippen molar-refractivity contribution in [3.05, 3.63) is 23.3 Å². The predicted molar refractivity (Wildman–Crippen MR) is 102 cm³/mol. The first-order valence-electron chi connectivity index (χ1n) is 9.98. The number of aromatic nitrogens is 3. The molecule has 0 aromatic carbocycles. The summed E-state index contributed by atoms with van der Waals surface area (Å²) in [6.45, 7) is 4.23. The van der Waals surface area contributed by atoms with Gasteiger partial charge >= 0.3 is 5.97 Å². The summed E-state index contributed by atoms with van der Waals surface area (Å²) < 4.78 is 27.2. The number of hydrogen-bond acceptors (Lipinski definition) is 7. The normalized spacial score (nSPS) is 23.2. The molecule has 2 unspecified atom stereocenters. The third kappa shape index (κ3) is 3.31. The number of hydrogen-bond donors (Lipinski definition) is 1. The van der Waals surface area contributed by atoms with Crippen molar-refractivity contribution in [2.75, 3.05) is 18.5 Å². The molecule has 1 saturated carbocycles. The number of fused-ring (bicyclic) bond motifs is 1. The molecule has 3 heterocycles. The number of anilines is 1. The van der Waals surface area contributed by atoms with Crippen LogP contribution in [0.1, 0.15) is 57.2 Å². The van der Waals surface area contributed by atoms with Crippen LogP contribution in [-0.2, 0) is 19.7 Å². The number of carbonyl (C=O) groups excluding carboxylic acids is 1. The third-order valence-electron chi connectivity index (χ3n) is 6.16. The molecule has 0 bridgehead atoms. The summed E-state index contributed by atoms with van der Waals surface area (Å²) in [5.41, 5.74) is 0.658. The van der Waals surface area contributed by atoms with Crippen molar-refractivity contribution in [2.24, 2.45) is 0 Å². The first-order chi connectivity index (χ1) is 14.0. The molecular weight excluding hydrogens is 377 g/mol. The average Bonchev–Trinajstić information content (AvgIpc) is 2.94. The number of nitriles is 1. The van der Waals surface area contributed by atoms with Crippen LogP contribution < -0.4 is 5.32 Å². The molecule has 2 aliphatic rings. The predicted octanol–water partition coefficient (Wildman–Crippen LogP) is 2.70. The van der Waals surface area contributed by atoms with E-state index in [0.29, 0.717) is 31.3 Å². The highest BCUT2D eigenvalue weighted by Gasteiger charge is 2.43. The van der Waals surface area contributed by atoms with Crippen molar-refractivity contribution >= 4 is 17.4 Å². The molecule has 9 heteroatoms. The van der Waals surface area contributed by atoms with Gasteiger partial charge in [-0.3, -0.25) is 4.79 Å².